The molecule has 0 spiro atoms. The third kappa shape index (κ3) is 2.32. The van der Waals surface area contributed by atoms with Gasteiger partial charge < -0.3 is 0 Å². The van der Waals surface area contributed by atoms with Crippen molar-refractivity contribution in [3.8, 4) is 0 Å². The monoisotopic (exact) mass is 142 g/mol. The van der Waals surface area contributed by atoms with Gasteiger partial charge >= 0.3 is 0 Å². The number of hydrogen-bond donors (Lipinski definition) is 0. The van der Waals surface area contributed by atoms with Gasteiger partial charge in [0.25, 0.3) is 0 Å². The maximum absolute atomic E-state index is 2.37. The first kappa shape index (κ1) is 8.10. The van der Waals surface area contributed by atoms with Gasteiger partial charge in [-0.3, -0.25) is 0 Å². The largest absolute Gasteiger partial charge is 0.0625 e. The fourth-order valence-electron chi connectivity index (χ4n) is 1.98. The molecule has 0 N–H and O–H groups in total. The van der Waals surface area contributed by atoms with Gasteiger partial charge in [0.2, 0.25) is 0 Å². The van der Waals surface area contributed by atoms with E-state index in [2.05, 4.69) is 13.8 Å². The minimum absolute atomic E-state index is 0. The molecule has 1 rings (SSSR count). The van der Waals surface area contributed by atoms with E-state index in [0.717, 1.165) is 11.8 Å². The van der Waals surface area contributed by atoms with Crippen molar-refractivity contribution < 1.29 is 1.43 Å². The summed E-state index contributed by atoms with van der Waals surface area (Å²) in [6.45, 7) is 4.74. The summed E-state index contributed by atoms with van der Waals surface area (Å²) in [6.07, 6.45) is 8.95. The number of hydrogen-bond acceptors (Lipinski definition) is 0. The molecule has 1 saturated carbocycles. The molecule has 0 aromatic carbocycles. The van der Waals surface area contributed by atoms with Crippen LogP contribution in [0.2, 0.25) is 0 Å². The lowest BCUT2D eigenvalue weighted by molar-refractivity contribution is 0.342. The molecule has 0 saturated heterocycles. The summed E-state index contributed by atoms with van der Waals surface area (Å²) in [5.74, 6) is 1.97. The predicted molar refractivity (Wildman–Crippen MR) is 48.1 cm³/mol. The summed E-state index contributed by atoms with van der Waals surface area (Å²) in [5.41, 5.74) is 0. The SMILES string of the molecule is CC(C)C1CCCCCC1.[HH]. The molecule has 0 aliphatic heterocycles. The lowest BCUT2D eigenvalue weighted by Crippen LogP contribution is -2.06. The molecule has 0 amide bonds. The Hall–Kier alpha value is 0. The van der Waals surface area contributed by atoms with Crippen molar-refractivity contribution >= 4 is 0 Å². The molecule has 62 valence electrons. The molecule has 10 heavy (non-hydrogen) atoms. The lowest BCUT2D eigenvalue weighted by atomic mass is 9.89. The van der Waals surface area contributed by atoms with E-state index in [-0.39, 0.29) is 1.43 Å². The van der Waals surface area contributed by atoms with Crippen LogP contribution >= 0.6 is 0 Å². The summed E-state index contributed by atoms with van der Waals surface area (Å²) in [4.78, 5) is 0. The van der Waals surface area contributed by atoms with E-state index in [4.69, 9.17) is 0 Å². The van der Waals surface area contributed by atoms with Crippen LogP contribution in [0.4, 0.5) is 0 Å². The smallest absolute Gasteiger partial charge is 0 e. The van der Waals surface area contributed by atoms with Crippen LogP contribution in [0.15, 0.2) is 0 Å². The average molecular weight is 142 g/mol. The Morgan fingerprint density at radius 2 is 1.50 bits per heavy atom. The minimum atomic E-state index is 0. The summed E-state index contributed by atoms with van der Waals surface area (Å²) in [6, 6.07) is 0. The molecule has 0 atom stereocenters. The van der Waals surface area contributed by atoms with Gasteiger partial charge in [-0.25, -0.2) is 0 Å². The minimum Gasteiger partial charge on any atom is -0.0625 e. The lowest BCUT2D eigenvalue weighted by Gasteiger charge is -2.17. The molecule has 0 aromatic rings. The molecule has 1 aliphatic carbocycles. The highest BCUT2D eigenvalue weighted by atomic mass is 14.2. The Bertz CT molecular complexity index is 80.9. The van der Waals surface area contributed by atoms with Crippen LogP contribution in [-0.2, 0) is 0 Å². The molecule has 0 radical (unpaired) electrons. The maximum Gasteiger partial charge on any atom is 0 e. The van der Waals surface area contributed by atoms with E-state index in [9.17, 15) is 0 Å². The quantitative estimate of drug-likeness (QED) is 0.488. The van der Waals surface area contributed by atoms with Gasteiger partial charge in [0.15, 0.2) is 0 Å². The Morgan fingerprint density at radius 3 is 1.90 bits per heavy atom. The van der Waals surface area contributed by atoms with E-state index in [0.29, 0.717) is 0 Å². The van der Waals surface area contributed by atoms with Crippen LogP contribution in [0, 0.1) is 11.8 Å². The van der Waals surface area contributed by atoms with Crippen LogP contribution in [0.3, 0.4) is 0 Å². The maximum atomic E-state index is 2.37. The van der Waals surface area contributed by atoms with E-state index in [1.54, 1.807) is 0 Å². The zero-order valence-electron chi connectivity index (χ0n) is 7.40. The topological polar surface area (TPSA) is 0 Å². The van der Waals surface area contributed by atoms with Gasteiger partial charge in [0.1, 0.15) is 0 Å². The molecule has 0 heterocycles. The summed E-state index contributed by atoms with van der Waals surface area (Å²) in [5, 5.41) is 0. The van der Waals surface area contributed by atoms with Crippen molar-refractivity contribution in [1.29, 1.82) is 0 Å². The Balaban J connectivity index is 0.000001000. The highest BCUT2D eigenvalue weighted by Crippen LogP contribution is 2.28. The summed E-state index contributed by atoms with van der Waals surface area (Å²) in [7, 11) is 0. The van der Waals surface area contributed by atoms with Crippen molar-refractivity contribution in [2.24, 2.45) is 11.8 Å². The molecule has 0 bridgehead atoms. The predicted octanol–water partition coefficient (Wildman–Crippen LogP) is 3.86. The summed E-state index contributed by atoms with van der Waals surface area (Å²) < 4.78 is 0. The second-order valence-electron chi connectivity index (χ2n) is 4.00. The van der Waals surface area contributed by atoms with Gasteiger partial charge in [0.05, 0.1) is 0 Å². The van der Waals surface area contributed by atoms with Gasteiger partial charge in [0, 0.05) is 1.43 Å². The third-order valence-electron chi connectivity index (χ3n) is 2.84. The standard InChI is InChI=1S/C10H20.H2/c1-9(2)10-7-5-3-4-6-8-10;/h9-10H,3-8H2,1-2H3;1H. The second-order valence-corrected chi connectivity index (χ2v) is 4.00. The normalized spacial score (nSPS) is 23.1. The molecule has 0 unspecified atom stereocenters. The zero-order valence-corrected chi connectivity index (χ0v) is 7.40. The van der Waals surface area contributed by atoms with Crippen LogP contribution in [0.1, 0.15) is 53.8 Å². The molecule has 1 fully saturated rings. The highest BCUT2D eigenvalue weighted by Gasteiger charge is 2.14. The van der Waals surface area contributed by atoms with Gasteiger partial charge in [-0.1, -0.05) is 52.4 Å². The first-order chi connectivity index (χ1) is 4.80. The van der Waals surface area contributed by atoms with Crippen molar-refractivity contribution in [2.45, 2.75) is 52.4 Å². The van der Waals surface area contributed by atoms with Gasteiger partial charge in [-0.05, 0) is 11.8 Å². The highest BCUT2D eigenvalue weighted by molar-refractivity contribution is 4.66. The van der Waals surface area contributed by atoms with Crippen LogP contribution in [-0.4, -0.2) is 0 Å². The molecule has 1 aliphatic rings. The van der Waals surface area contributed by atoms with Crippen molar-refractivity contribution in [2.75, 3.05) is 0 Å². The fourth-order valence-corrected chi connectivity index (χ4v) is 1.98. The Morgan fingerprint density at radius 1 is 1.00 bits per heavy atom. The first-order valence-electron chi connectivity index (χ1n) is 4.80. The fraction of sp³-hybridized carbons (Fsp3) is 1.00. The molecular weight excluding hydrogens is 120 g/mol. The zero-order chi connectivity index (χ0) is 7.40. The van der Waals surface area contributed by atoms with E-state index in [1.165, 1.54) is 38.5 Å². The van der Waals surface area contributed by atoms with Crippen molar-refractivity contribution in [1.82, 2.24) is 0 Å². The van der Waals surface area contributed by atoms with Gasteiger partial charge in [-0.2, -0.15) is 0 Å². The van der Waals surface area contributed by atoms with Crippen LogP contribution in [0.25, 0.3) is 0 Å². The summed E-state index contributed by atoms with van der Waals surface area (Å²) >= 11 is 0. The average Bonchev–Trinajstić information content (AvgIpc) is 2.12. The Labute approximate surface area is 66.5 Å². The van der Waals surface area contributed by atoms with E-state index in [1.807, 2.05) is 0 Å². The third-order valence-corrected chi connectivity index (χ3v) is 2.84. The van der Waals surface area contributed by atoms with Crippen molar-refractivity contribution in [3.05, 3.63) is 0 Å². The van der Waals surface area contributed by atoms with Crippen LogP contribution in [0.5, 0.6) is 0 Å². The molecule has 0 aromatic heterocycles. The Kier molecular flexibility index (Phi) is 3.24. The molecule has 0 heteroatoms. The first-order valence-corrected chi connectivity index (χ1v) is 4.80. The van der Waals surface area contributed by atoms with E-state index >= 15 is 0 Å². The second kappa shape index (κ2) is 4.00. The number of rotatable bonds is 1. The van der Waals surface area contributed by atoms with Crippen LogP contribution < -0.4 is 0 Å². The van der Waals surface area contributed by atoms with Gasteiger partial charge in [-0.15, -0.1) is 0 Å². The van der Waals surface area contributed by atoms with Crippen molar-refractivity contribution in [3.63, 3.8) is 0 Å². The molecular formula is C10H22. The van der Waals surface area contributed by atoms with E-state index < -0.39 is 0 Å². The molecule has 0 nitrogen and oxygen atoms in total.